The third-order valence-electron chi connectivity index (χ3n) is 4.41. The second-order valence-electron chi connectivity index (χ2n) is 6.46. The lowest BCUT2D eigenvalue weighted by Gasteiger charge is -2.10. The van der Waals surface area contributed by atoms with E-state index in [4.69, 9.17) is 44.3 Å². The van der Waals surface area contributed by atoms with Gasteiger partial charge in [0.15, 0.2) is 11.1 Å². The minimum absolute atomic E-state index is 0.109. The van der Waals surface area contributed by atoms with Crippen molar-refractivity contribution in [3.8, 4) is 11.5 Å². The topological polar surface area (TPSA) is 52.6 Å². The zero-order valence-electron chi connectivity index (χ0n) is 15.3. The molecule has 4 nitrogen and oxygen atoms in total. The molecule has 0 N–H and O–H groups in total. The number of ketones is 1. The van der Waals surface area contributed by atoms with Gasteiger partial charge in [0.1, 0.15) is 11.5 Å². The van der Waals surface area contributed by atoms with Gasteiger partial charge in [-0.25, -0.2) is 4.79 Å². The van der Waals surface area contributed by atoms with Crippen LogP contribution in [0.2, 0.25) is 10.0 Å². The molecule has 0 bridgehead atoms. The number of hydrogen-bond donors (Lipinski definition) is 0. The first kappa shape index (κ1) is 20.5. The molecule has 1 aliphatic heterocycles. The number of halogens is 3. The zero-order chi connectivity index (χ0) is 21.3. The molecular weight excluding hydrogens is 447 g/mol. The van der Waals surface area contributed by atoms with E-state index in [-0.39, 0.29) is 23.0 Å². The molecular formula is C23H13Cl3O4. The van der Waals surface area contributed by atoms with Crippen molar-refractivity contribution in [2.75, 3.05) is 0 Å². The molecule has 1 atom stereocenters. The molecule has 1 unspecified atom stereocenters. The number of fused-ring (bicyclic) bond motifs is 1. The summed E-state index contributed by atoms with van der Waals surface area (Å²) in [5.41, 5.74) is 1.58. The number of hydrogen-bond acceptors (Lipinski definition) is 4. The van der Waals surface area contributed by atoms with Gasteiger partial charge in [-0.3, -0.25) is 4.79 Å². The lowest BCUT2D eigenvalue weighted by molar-refractivity contribution is -0.134. The van der Waals surface area contributed by atoms with E-state index in [1.807, 2.05) is 6.07 Å². The molecule has 7 heteroatoms. The summed E-state index contributed by atoms with van der Waals surface area (Å²) in [7, 11) is 0. The van der Waals surface area contributed by atoms with E-state index in [1.54, 1.807) is 42.5 Å². The predicted molar refractivity (Wildman–Crippen MR) is 117 cm³/mol. The Morgan fingerprint density at radius 2 is 1.77 bits per heavy atom. The van der Waals surface area contributed by atoms with Crippen molar-refractivity contribution in [1.29, 1.82) is 0 Å². The van der Waals surface area contributed by atoms with Crippen LogP contribution in [0, 0.1) is 0 Å². The maximum absolute atomic E-state index is 12.6. The zero-order valence-corrected chi connectivity index (χ0v) is 17.5. The Bertz CT molecular complexity index is 1170. The van der Waals surface area contributed by atoms with Crippen LogP contribution >= 0.6 is 34.8 Å². The fraction of sp³-hybridized carbons (Fsp3) is 0.0435. The number of esters is 1. The lowest BCUT2D eigenvalue weighted by Crippen LogP contribution is -2.14. The van der Waals surface area contributed by atoms with E-state index >= 15 is 0 Å². The Morgan fingerprint density at radius 1 is 1.00 bits per heavy atom. The largest absolute Gasteiger partial charge is 0.452 e. The number of Topliss-reactive ketones (excluding diaryl/α,β-unsaturated/α-hetero) is 1. The van der Waals surface area contributed by atoms with Crippen molar-refractivity contribution in [1.82, 2.24) is 0 Å². The van der Waals surface area contributed by atoms with Crippen LogP contribution < -0.4 is 9.47 Å². The van der Waals surface area contributed by atoms with E-state index in [9.17, 15) is 9.59 Å². The SMILES string of the molecule is O=C1/C(=C/c2ccc(Cl)cc2Cl)Oc2cc(OC(=O)C(Cl)c3ccccc3)ccc21. The second-order valence-corrected chi connectivity index (χ2v) is 7.74. The quantitative estimate of drug-likeness (QED) is 0.193. The van der Waals surface area contributed by atoms with Gasteiger partial charge in [0.05, 0.1) is 5.56 Å². The fourth-order valence-corrected chi connectivity index (χ4v) is 3.57. The minimum atomic E-state index is -0.954. The Balaban J connectivity index is 1.53. The summed E-state index contributed by atoms with van der Waals surface area (Å²) in [6.07, 6.45) is 1.54. The summed E-state index contributed by atoms with van der Waals surface area (Å²) in [6.45, 7) is 0. The van der Waals surface area contributed by atoms with Crippen LogP contribution in [0.25, 0.3) is 6.08 Å². The highest BCUT2D eigenvalue weighted by Gasteiger charge is 2.29. The number of carbonyl (C=O) groups excluding carboxylic acids is 2. The molecule has 3 aromatic rings. The van der Waals surface area contributed by atoms with Gasteiger partial charge in [-0.1, -0.05) is 59.6 Å². The van der Waals surface area contributed by atoms with Crippen LogP contribution in [0.3, 0.4) is 0 Å². The van der Waals surface area contributed by atoms with Crippen LogP contribution in [-0.2, 0) is 4.79 Å². The molecule has 1 aliphatic rings. The molecule has 3 aromatic carbocycles. The average molecular weight is 460 g/mol. The molecule has 0 aromatic heterocycles. The van der Waals surface area contributed by atoms with Crippen molar-refractivity contribution in [2.24, 2.45) is 0 Å². The first-order chi connectivity index (χ1) is 14.4. The summed E-state index contributed by atoms with van der Waals surface area (Å²) >= 11 is 18.3. The number of alkyl halides is 1. The van der Waals surface area contributed by atoms with Gasteiger partial charge in [0.2, 0.25) is 5.78 Å². The second kappa shape index (κ2) is 8.52. The number of allylic oxidation sites excluding steroid dienone is 1. The molecule has 0 aliphatic carbocycles. The molecule has 4 rings (SSSR count). The Kier molecular flexibility index (Phi) is 5.82. The number of ether oxygens (including phenoxy) is 2. The number of carbonyl (C=O) groups is 2. The van der Waals surface area contributed by atoms with Crippen LogP contribution in [0.5, 0.6) is 11.5 Å². The molecule has 0 spiro atoms. The molecule has 30 heavy (non-hydrogen) atoms. The first-order valence-corrected chi connectivity index (χ1v) is 10.1. The molecule has 1 heterocycles. The summed E-state index contributed by atoms with van der Waals surface area (Å²) in [4.78, 5) is 25.0. The van der Waals surface area contributed by atoms with Gasteiger partial charge in [-0.15, -0.1) is 11.6 Å². The maximum atomic E-state index is 12.6. The monoisotopic (exact) mass is 458 g/mol. The lowest BCUT2D eigenvalue weighted by atomic mass is 10.1. The highest BCUT2D eigenvalue weighted by atomic mass is 35.5. The third-order valence-corrected chi connectivity index (χ3v) is 5.40. The van der Waals surface area contributed by atoms with Gasteiger partial charge in [0, 0.05) is 16.1 Å². The van der Waals surface area contributed by atoms with Crippen molar-refractivity contribution < 1.29 is 19.1 Å². The van der Waals surface area contributed by atoms with Crippen molar-refractivity contribution >= 4 is 52.6 Å². The standard InChI is InChI=1S/C23H13Cl3O4/c24-15-7-6-14(18(25)11-15)10-20-22(27)17-9-8-16(12-19(17)30-20)29-23(28)21(26)13-4-2-1-3-5-13/h1-12,21H/b20-10-. The smallest absolute Gasteiger partial charge is 0.334 e. The van der Waals surface area contributed by atoms with Crippen molar-refractivity contribution in [3.05, 3.63) is 99.2 Å². The Morgan fingerprint density at radius 3 is 2.50 bits per heavy atom. The summed E-state index contributed by atoms with van der Waals surface area (Å²) in [6, 6.07) is 18.3. The van der Waals surface area contributed by atoms with E-state index in [2.05, 4.69) is 0 Å². The van der Waals surface area contributed by atoms with Crippen molar-refractivity contribution in [3.63, 3.8) is 0 Å². The fourth-order valence-electron chi connectivity index (χ4n) is 2.92. The Labute approximate surface area is 187 Å². The molecule has 0 saturated carbocycles. The number of benzene rings is 3. The van der Waals surface area contributed by atoms with Gasteiger partial charge < -0.3 is 9.47 Å². The van der Waals surface area contributed by atoms with Crippen molar-refractivity contribution in [2.45, 2.75) is 5.38 Å². The van der Waals surface area contributed by atoms with Gasteiger partial charge in [-0.05, 0) is 41.5 Å². The van der Waals surface area contributed by atoms with E-state index in [0.717, 1.165) is 0 Å². The Hall–Kier alpha value is -2.79. The van der Waals surface area contributed by atoms with Gasteiger partial charge in [-0.2, -0.15) is 0 Å². The van der Waals surface area contributed by atoms with E-state index < -0.39 is 11.3 Å². The van der Waals surface area contributed by atoms with Gasteiger partial charge >= 0.3 is 5.97 Å². The molecule has 0 amide bonds. The van der Waals surface area contributed by atoms with Crippen LogP contribution in [0.4, 0.5) is 0 Å². The molecule has 0 fully saturated rings. The van der Waals surface area contributed by atoms with Crippen LogP contribution in [0.1, 0.15) is 26.9 Å². The van der Waals surface area contributed by atoms with Gasteiger partial charge in [0.25, 0.3) is 0 Å². The number of rotatable bonds is 4. The highest BCUT2D eigenvalue weighted by Crippen LogP contribution is 2.36. The predicted octanol–water partition coefficient (Wildman–Crippen LogP) is 6.50. The molecule has 0 radical (unpaired) electrons. The summed E-state index contributed by atoms with van der Waals surface area (Å²) in [5, 5.41) is -0.0702. The minimum Gasteiger partial charge on any atom is -0.452 e. The molecule has 150 valence electrons. The highest BCUT2D eigenvalue weighted by molar-refractivity contribution is 6.35. The summed E-state index contributed by atoms with van der Waals surface area (Å²) in [5.74, 6) is -0.312. The average Bonchev–Trinajstić information content (AvgIpc) is 3.05. The normalized spacial score (nSPS) is 14.9. The van der Waals surface area contributed by atoms with Crippen LogP contribution in [0.15, 0.2) is 72.5 Å². The molecule has 0 saturated heterocycles. The first-order valence-electron chi connectivity index (χ1n) is 8.86. The van der Waals surface area contributed by atoms with E-state index in [1.165, 1.54) is 24.3 Å². The van der Waals surface area contributed by atoms with Crippen LogP contribution in [-0.4, -0.2) is 11.8 Å². The third kappa shape index (κ3) is 4.21. The van der Waals surface area contributed by atoms with E-state index in [0.29, 0.717) is 26.7 Å². The summed E-state index contributed by atoms with van der Waals surface area (Å²) < 4.78 is 11.0. The maximum Gasteiger partial charge on any atom is 0.334 e.